The van der Waals surface area contributed by atoms with E-state index in [1.165, 1.54) is 0 Å². The van der Waals surface area contributed by atoms with Crippen molar-refractivity contribution in [2.24, 2.45) is 0 Å². The first-order valence-corrected chi connectivity index (χ1v) is 5.51. The quantitative estimate of drug-likeness (QED) is 0.596. The molecule has 3 nitrogen and oxygen atoms in total. The van der Waals surface area contributed by atoms with Gasteiger partial charge in [0.05, 0.1) is 11.7 Å². The third-order valence-corrected chi connectivity index (χ3v) is 2.74. The Hall–Kier alpha value is -0.200. The van der Waals surface area contributed by atoms with Crippen molar-refractivity contribution < 1.29 is 0 Å². The molecule has 0 saturated carbocycles. The first-order chi connectivity index (χ1) is 6.36. The lowest BCUT2D eigenvalue weighted by Crippen LogP contribution is -2.43. The summed E-state index contributed by atoms with van der Waals surface area (Å²) in [5.41, 5.74) is 1.14. The van der Waals surface area contributed by atoms with Crippen LogP contribution in [0.25, 0.3) is 0 Å². The van der Waals surface area contributed by atoms with Gasteiger partial charge in [0.15, 0.2) is 0 Å². The minimum Gasteiger partial charge on any atom is -0.314 e. The highest BCUT2D eigenvalue weighted by atomic mass is 127. The van der Waals surface area contributed by atoms with Gasteiger partial charge in [-0.2, -0.15) is 0 Å². The fourth-order valence-electron chi connectivity index (χ4n) is 1.48. The van der Waals surface area contributed by atoms with Crippen LogP contribution in [0.3, 0.4) is 0 Å². The molecule has 1 atom stereocenters. The van der Waals surface area contributed by atoms with E-state index >= 15 is 0 Å². The van der Waals surface area contributed by atoms with E-state index in [2.05, 4.69) is 50.3 Å². The number of rotatable bonds is 1. The van der Waals surface area contributed by atoms with E-state index in [-0.39, 0.29) is 0 Å². The van der Waals surface area contributed by atoms with E-state index in [0.717, 1.165) is 29.0 Å². The zero-order chi connectivity index (χ0) is 9.10. The number of halogens is 1. The fourth-order valence-corrected chi connectivity index (χ4v) is 1.97. The van der Waals surface area contributed by atoms with Crippen LogP contribution in [0.2, 0.25) is 0 Å². The van der Waals surface area contributed by atoms with Crippen molar-refractivity contribution in [2.75, 3.05) is 19.6 Å². The Bertz CT molecular complexity index is 284. The van der Waals surface area contributed by atoms with Gasteiger partial charge in [0, 0.05) is 19.6 Å². The molecule has 0 aliphatic carbocycles. The highest BCUT2D eigenvalue weighted by Gasteiger charge is 2.14. The SMILES string of the molecule is Ic1cccc(C2CNCCN2)n1. The molecule has 1 fully saturated rings. The third-order valence-electron chi connectivity index (χ3n) is 2.13. The summed E-state index contributed by atoms with van der Waals surface area (Å²) in [5, 5.41) is 6.78. The summed E-state index contributed by atoms with van der Waals surface area (Å²) in [7, 11) is 0. The summed E-state index contributed by atoms with van der Waals surface area (Å²) < 4.78 is 1.06. The topological polar surface area (TPSA) is 37.0 Å². The van der Waals surface area contributed by atoms with Gasteiger partial charge in [-0.1, -0.05) is 6.07 Å². The molecule has 0 spiro atoms. The van der Waals surface area contributed by atoms with Crippen molar-refractivity contribution in [3.8, 4) is 0 Å². The molecule has 4 heteroatoms. The molecule has 0 aromatic carbocycles. The van der Waals surface area contributed by atoms with Crippen molar-refractivity contribution in [2.45, 2.75) is 6.04 Å². The van der Waals surface area contributed by atoms with Gasteiger partial charge < -0.3 is 10.6 Å². The molecule has 70 valence electrons. The summed E-state index contributed by atoms with van der Waals surface area (Å²) in [4.78, 5) is 4.48. The van der Waals surface area contributed by atoms with Crippen LogP contribution in [-0.2, 0) is 0 Å². The molecule has 0 amide bonds. The Balaban J connectivity index is 2.14. The highest BCUT2D eigenvalue weighted by molar-refractivity contribution is 14.1. The molecule has 1 aliphatic rings. The summed E-state index contributed by atoms with van der Waals surface area (Å²) in [6.07, 6.45) is 0. The summed E-state index contributed by atoms with van der Waals surface area (Å²) in [6, 6.07) is 6.52. The lowest BCUT2D eigenvalue weighted by atomic mass is 10.1. The average Bonchev–Trinajstić information content (AvgIpc) is 2.19. The molecular formula is C9H12IN3. The molecular weight excluding hydrogens is 277 g/mol. The molecule has 1 unspecified atom stereocenters. The first kappa shape index (κ1) is 9.36. The highest BCUT2D eigenvalue weighted by Crippen LogP contribution is 2.12. The Labute approximate surface area is 91.5 Å². The monoisotopic (exact) mass is 289 g/mol. The van der Waals surface area contributed by atoms with Crippen LogP contribution in [0.15, 0.2) is 18.2 Å². The predicted octanol–water partition coefficient (Wildman–Crippen LogP) is 0.920. The van der Waals surface area contributed by atoms with E-state index in [9.17, 15) is 0 Å². The van der Waals surface area contributed by atoms with Crippen molar-refractivity contribution in [3.05, 3.63) is 27.6 Å². The van der Waals surface area contributed by atoms with Gasteiger partial charge in [0.2, 0.25) is 0 Å². The van der Waals surface area contributed by atoms with Crippen molar-refractivity contribution in [3.63, 3.8) is 0 Å². The zero-order valence-electron chi connectivity index (χ0n) is 7.26. The average molecular weight is 289 g/mol. The van der Waals surface area contributed by atoms with Gasteiger partial charge in [-0.15, -0.1) is 0 Å². The lowest BCUT2D eigenvalue weighted by molar-refractivity contribution is 0.423. The van der Waals surface area contributed by atoms with Crippen LogP contribution in [0.4, 0.5) is 0 Å². The zero-order valence-corrected chi connectivity index (χ0v) is 9.41. The normalized spacial score (nSPS) is 23.0. The summed E-state index contributed by atoms with van der Waals surface area (Å²) in [6.45, 7) is 3.06. The Morgan fingerprint density at radius 3 is 3.00 bits per heavy atom. The van der Waals surface area contributed by atoms with E-state index in [4.69, 9.17) is 0 Å². The van der Waals surface area contributed by atoms with Gasteiger partial charge in [0.25, 0.3) is 0 Å². The number of piperazine rings is 1. The van der Waals surface area contributed by atoms with Crippen LogP contribution < -0.4 is 10.6 Å². The van der Waals surface area contributed by atoms with Crippen molar-refractivity contribution >= 4 is 22.6 Å². The van der Waals surface area contributed by atoms with E-state index in [0.29, 0.717) is 6.04 Å². The number of hydrogen-bond donors (Lipinski definition) is 2. The number of hydrogen-bond acceptors (Lipinski definition) is 3. The Morgan fingerprint density at radius 2 is 2.31 bits per heavy atom. The molecule has 2 N–H and O–H groups in total. The van der Waals surface area contributed by atoms with Gasteiger partial charge in [0.1, 0.15) is 3.70 Å². The molecule has 2 rings (SSSR count). The maximum atomic E-state index is 4.48. The van der Waals surface area contributed by atoms with Gasteiger partial charge in [-0.3, -0.25) is 0 Å². The van der Waals surface area contributed by atoms with Crippen LogP contribution in [0, 0.1) is 3.70 Å². The predicted molar refractivity (Wildman–Crippen MR) is 60.6 cm³/mol. The maximum absolute atomic E-state index is 4.48. The van der Waals surface area contributed by atoms with E-state index in [1.54, 1.807) is 0 Å². The maximum Gasteiger partial charge on any atom is 0.101 e. The molecule has 1 aliphatic heterocycles. The summed E-state index contributed by atoms with van der Waals surface area (Å²) >= 11 is 2.24. The second-order valence-electron chi connectivity index (χ2n) is 3.10. The van der Waals surface area contributed by atoms with Gasteiger partial charge >= 0.3 is 0 Å². The van der Waals surface area contributed by atoms with Crippen LogP contribution >= 0.6 is 22.6 Å². The molecule has 1 aromatic heterocycles. The van der Waals surface area contributed by atoms with Crippen molar-refractivity contribution in [1.29, 1.82) is 0 Å². The molecule has 13 heavy (non-hydrogen) atoms. The minimum atomic E-state index is 0.378. The third kappa shape index (κ3) is 2.38. The van der Waals surface area contributed by atoms with E-state index < -0.39 is 0 Å². The van der Waals surface area contributed by atoms with E-state index in [1.807, 2.05) is 6.07 Å². The standard InChI is InChI=1S/C9H12IN3/c10-9-3-1-2-7(13-9)8-6-11-4-5-12-8/h1-3,8,11-12H,4-6H2. The van der Waals surface area contributed by atoms with Crippen molar-refractivity contribution in [1.82, 2.24) is 15.6 Å². The second-order valence-corrected chi connectivity index (χ2v) is 4.20. The first-order valence-electron chi connectivity index (χ1n) is 4.43. The lowest BCUT2D eigenvalue weighted by Gasteiger charge is -2.23. The smallest absolute Gasteiger partial charge is 0.101 e. The molecule has 2 heterocycles. The van der Waals surface area contributed by atoms with Crippen LogP contribution in [0.5, 0.6) is 0 Å². The molecule has 0 radical (unpaired) electrons. The number of nitrogens with one attached hydrogen (secondary N) is 2. The number of nitrogens with zero attached hydrogens (tertiary/aromatic N) is 1. The fraction of sp³-hybridized carbons (Fsp3) is 0.444. The molecule has 1 saturated heterocycles. The van der Waals surface area contributed by atoms with Gasteiger partial charge in [-0.25, -0.2) is 4.98 Å². The van der Waals surface area contributed by atoms with Gasteiger partial charge in [-0.05, 0) is 34.7 Å². The molecule has 1 aromatic rings. The second kappa shape index (κ2) is 4.34. The summed E-state index contributed by atoms with van der Waals surface area (Å²) in [5.74, 6) is 0. The molecule has 0 bridgehead atoms. The Morgan fingerprint density at radius 1 is 1.38 bits per heavy atom. The van der Waals surface area contributed by atoms with Crippen LogP contribution in [-0.4, -0.2) is 24.6 Å². The Kier molecular flexibility index (Phi) is 3.13. The minimum absolute atomic E-state index is 0.378. The number of aromatic nitrogens is 1. The largest absolute Gasteiger partial charge is 0.314 e. The number of pyridine rings is 1. The van der Waals surface area contributed by atoms with Crippen LogP contribution in [0.1, 0.15) is 11.7 Å².